The molecule has 136 valence electrons. The van der Waals surface area contributed by atoms with Crippen LogP contribution in [0, 0.1) is 6.92 Å². The fourth-order valence-electron chi connectivity index (χ4n) is 2.73. The predicted octanol–water partition coefficient (Wildman–Crippen LogP) is 2.64. The van der Waals surface area contributed by atoms with Crippen LogP contribution in [0.1, 0.15) is 16.8 Å². The molecule has 0 aliphatic heterocycles. The Morgan fingerprint density at radius 2 is 2.00 bits per heavy atom. The van der Waals surface area contributed by atoms with Crippen molar-refractivity contribution in [2.45, 2.75) is 19.8 Å². The van der Waals surface area contributed by atoms with E-state index in [9.17, 15) is 0 Å². The zero-order valence-corrected chi connectivity index (χ0v) is 15.8. The van der Waals surface area contributed by atoms with Gasteiger partial charge in [-0.05, 0) is 36.6 Å². The van der Waals surface area contributed by atoms with Crippen LogP contribution in [0.25, 0.3) is 5.65 Å². The minimum absolute atomic E-state index is 0.515. The molecule has 0 aliphatic rings. The van der Waals surface area contributed by atoms with E-state index < -0.39 is 0 Å². The van der Waals surface area contributed by atoms with Crippen molar-refractivity contribution in [2.75, 3.05) is 20.1 Å². The molecule has 3 aromatic rings. The normalized spacial score (nSPS) is 11.7. The molecule has 6 nitrogen and oxygen atoms in total. The van der Waals surface area contributed by atoms with Crippen LogP contribution in [0.15, 0.2) is 47.8 Å². The topological polar surface area (TPSA) is 66.6 Å². The van der Waals surface area contributed by atoms with Crippen molar-refractivity contribution in [3.63, 3.8) is 0 Å². The van der Waals surface area contributed by atoms with Gasteiger partial charge in [-0.2, -0.15) is 0 Å². The van der Waals surface area contributed by atoms with E-state index in [1.54, 1.807) is 19.3 Å². The number of aromatic nitrogens is 3. The summed E-state index contributed by atoms with van der Waals surface area (Å²) in [6.45, 7) is 3.62. The molecule has 0 spiro atoms. The van der Waals surface area contributed by atoms with Gasteiger partial charge < -0.3 is 15.0 Å². The average Bonchev–Trinajstić information content (AvgIpc) is 3.06. The Hall–Kier alpha value is -2.60. The van der Waals surface area contributed by atoms with Crippen LogP contribution >= 0.6 is 11.6 Å². The SMILES string of the molecule is CN=C(NCCc1ccc(Cl)nc1)NCCc1cn2cccc(C)c2n1. The summed E-state index contributed by atoms with van der Waals surface area (Å²) in [5.74, 6) is 0.784. The lowest BCUT2D eigenvalue weighted by molar-refractivity contribution is 0.777. The number of nitrogens with one attached hydrogen (secondary N) is 2. The number of imidazole rings is 1. The molecule has 26 heavy (non-hydrogen) atoms. The molecule has 3 rings (SSSR count). The Bertz CT molecular complexity index is 885. The van der Waals surface area contributed by atoms with Crippen LogP contribution in [0.3, 0.4) is 0 Å². The maximum Gasteiger partial charge on any atom is 0.190 e. The van der Waals surface area contributed by atoms with Crippen molar-refractivity contribution in [3.8, 4) is 0 Å². The minimum atomic E-state index is 0.515. The van der Waals surface area contributed by atoms with Crippen LogP contribution in [0.2, 0.25) is 5.15 Å². The number of aryl methyl sites for hydroxylation is 1. The lowest BCUT2D eigenvalue weighted by atomic mass is 10.2. The predicted molar refractivity (Wildman–Crippen MR) is 106 cm³/mol. The lowest BCUT2D eigenvalue weighted by Crippen LogP contribution is -2.39. The van der Waals surface area contributed by atoms with E-state index in [-0.39, 0.29) is 0 Å². The fraction of sp³-hybridized carbons (Fsp3) is 0.316. The van der Waals surface area contributed by atoms with Crippen LogP contribution in [0.4, 0.5) is 0 Å². The molecule has 0 saturated heterocycles. The van der Waals surface area contributed by atoms with Gasteiger partial charge in [-0.25, -0.2) is 9.97 Å². The number of aliphatic imine (C=N–C) groups is 1. The molecule has 0 fully saturated rings. The first-order chi connectivity index (χ1) is 12.7. The van der Waals surface area contributed by atoms with Crippen molar-refractivity contribution >= 4 is 23.2 Å². The highest BCUT2D eigenvalue weighted by atomic mass is 35.5. The number of nitrogens with zero attached hydrogens (tertiary/aromatic N) is 4. The van der Waals surface area contributed by atoms with Crippen molar-refractivity contribution in [1.82, 2.24) is 25.0 Å². The maximum absolute atomic E-state index is 5.80. The number of rotatable bonds is 6. The molecule has 0 radical (unpaired) electrons. The van der Waals surface area contributed by atoms with Gasteiger partial charge in [0.2, 0.25) is 0 Å². The van der Waals surface area contributed by atoms with E-state index in [1.807, 2.05) is 18.3 Å². The average molecular weight is 371 g/mol. The summed E-state index contributed by atoms with van der Waals surface area (Å²) in [5.41, 5.74) is 4.40. The number of guanidine groups is 1. The third-order valence-electron chi connectivity index (χ3n) is 4.12. The summed E-state index contributed by atoms with van der Waals surface area (Å²) in [5, 5.41) is 7.15. The summed E-state index contributed by atoms with van der Waals surface area (Å²) in [6.07, 6.45) is 7.59. The molecule has 0 saturated carbocycles. The van der Waals surface area contributed by atoms with Crippen LogP contribution in [-0.2, 0) is 12.8 Å². The Morgan fingerprint density at radius 1 is 1.19 bits per heavy atom. The summed E-state index contributed by atoms with van der Waals surface area (Å²) < 4.78 is 2.07. The molecular formula is C19H23ClN6. The first-order valence-electron chi connectivity index (χ1n) is 8.64. The van der Waals surface area contributed by atoms with Crippen molar-refractivity contribution in [2.24, 2.45) is 4.99 Å². The van der Waals surface area contributed by atoms with Gasteiger partial charge in [0.05, 0.1) is 5.69 Å². The molecule has 0 atom stereocenters. The first kappa shape index (κ1) is 18.2. The molecule has 0 amide bonds. The zero-order valence-electron chi connectivity index (χ0n) is 15.0. The third kappa shape index (κ3) is 4.73. The lowest BCUT2D eigenvalue weighted by Gasteiger charge is -2.11. The van der Waals surface area contributed by atoms with Gasteiger partial charge in [0.25, 0.3) is 0 Å². The Balaban J connectivity index is 1.44. The first-order valence-corrected chi connectivity index (χ1v) is 9.01. The molecule has 0 aliphatic carbocycles. The van der Waals surface area contributed by atoms with E-state index in [1.165, 1.54) is 5.56 Å². The van der Waals surface area contributed by atoms with Gasteiger partial charge in [0, 0.05) is 45.1 Å². The van der Waals surface area contributed by atoms with E-state index in [0.29, 0.717) is 5.15 Å². The number of hydrogen-bond donors (Lipinski definition) is 2. The van der Waals surface area contributed by atoms with Gasteiger partial charge >= 0.3 is 0 Å². The van der Waals surface area contributed by atoms with E-state index in [4.69, 9.17) is 11.6 Å². The van der Waals surface area contributed by atoms with Crippen molar-refractivity contribution in [3.05, 3.63) is 64.8 Å². The van der Waals surface area contributed by atoms with Crippen LogP contribution in [-0.4, -0.2) is 40.5 Å². The number of halogens is 1. The summed E-state index contributed by atoms with van der Waals surface area (Å²) in [6, 6.07) is 7.90. The summed E-state index contributed by atoms with van der Waals surface area (Å²) >= 11 is 5.80. The molecule has 7 heteroatoms. The van der Waals surface area contributed by atoms with E-state index in [0.717, 1.165) is 48.8 Å². The van der Waals surface area contributed by atoms with Crippen LogP contribution in [0.5, 0.6) is 0 Å². The molecule has 0 bridgehead atoms. The summed E-state index contributed by atoms with van der Waals surface area (Å²) in [7, 11) is 1.77. The van der Waals surface area contributed by atoms with Crippen molar-refractivity contribution in [1.29, 1.82) is 0 Å². The molecule has 2 N–H and O–H groups in total. The van der Waals surface area contributed by atoms with Crippen LogP contribution < -0.4 is 10.6 Å². The van der Waals surface area contributed by atoms with Crippen molar-refractivity contribution < 1.29 is 0 Å². The Kier molecular flexibility index (Phi) is 6.07. The second-order valence-corrected chi connectivity index (χ2v) is 6.46. The highest BCUT2D eigenvalue weighted by Crippen LogP contribution is 2.10. The maximum atomic E-state index is 5.80. The Labute approximate surface area is 158 Å². The second-order valence-electron chi connectivity index (χ2n) is 6.07. The van der Waals surface area contributed by atoms with E-state index >= 15 is 0 Å². The van der Waals surface area contributed by atoms with E-state index in [2.05, 4.69) is 49.2 Å². The van der Waals surface area contributed by atoms with Gasteiger partial charge in [-0.15, -0.1) is 0 Å². The zero-order chi connectivity index (χ0) is 18.4. The van der Waals surface area contributed by atoms with Gasteiger partial charge in [-0.3, -0.25) is 4.99 Å². The largest absolute Gasteiger partial charge is 0.356 e. The molecule has 3 heterocycles. The molecule has 3 aromatic heterocycles. The quantitative estimate of drug-likeness (QED) is 0.397. The van der Waals surface area contributed by atoms with Gasteiger partial charge in [-0.1, -0.05) is 23.7 Å². The standard InChI is InChI=1S/C19H23ClN6/c1-14-4-3-11-26-13-16(25-18(14)26)8-10-23-19(21-2)22-9-7-15-5-6-17(20)24-12-15/h3-6,11-13H,7-10H2,1-2H3,(H2,21,22,23). The monoisotopic (exact) mass is 370 g/mol. The fourth-order valence-corrected chi connectivity index (χ4v) is 2.85. The number of pyridine rings is 2. The van der Waals surface area contributed by atoms with Gasteiger partial charge in [0.15, 0.2) is 5.96 Å². The highest BCUT2D eigenvalue weighted by molar-refractivity contribution is 6.29. The molecule has 0 aromatic carbocycles. The molecular weight excluding hydrogens is 348 g/mol. The summed E-state index contributed by atoms with van der Waals surface area (Å²) in [4.78, 5) is 13.0. The second kappa shape index (κ2) is 8.67. The van der Waals surface area contributed by atoms with Gasteiger partial charge in [0.1, 0.15) is 10.8 Å². The smallest absolute Gasteiger partial charge is 0.190 e. The minimum Gasteiger partial charge on any atom is -0.356 e. The number of fused-ring (bicyclic) bond motifs is 1. The molecule has 0 unspecified atom stereocenters. The Morgan fingerprint density at radius 3 is 2.69 bits per heavy atom. The highest BCUT2D eigenvalue weighted by Gasteiger charge is 2.04. The third-order valence-corrected chi connectivity index (χ3v) is 4.34. The number of hydrogen-bond acceptors (Lipinski definition) is 3.